The molecule has 0 aliphatic carbocycles. The Bertz CT molecular complexity index is 1000. The molecular formula is C23H23N5O2. The third kappa shape index (κ3) is 4.63. The fraction of sp³-hybridized carbons (Fsp3) is 0.217. The zero-order chi connectivity index (χ0) is 20.8. The molecule has 30 heavy (non-hydrogen) atoms. The van der Waals surface area contributed by atoms with Crippen molar-refractivity contribution in [3.05, 3.63) is 78.6 Å². The van der Waals surface area contributed by atoms with Gasteiger partial charge >= 0.3 is 0 Å². The van der Waals surface area contributed by atoms with Crippen LogP contribution >= 0.6 is 0 Å². The van der Waals surface area contributed by atoms with Crippen molar-refractivity contribution < 1.29 is 9.59 Å². The average Bonchev–Trinajstić information content (AvgIpc) is 2.83. The maximum Gasteiger partial charge on any atom is 0.251 e. The first kappa shape index (κ1) is 19.6. The SMILES string of the molecule is O=C(NCC(=O)N1CCN(c2cc(-c3ccccc3)ncn2)CC1)c1ccccc1. The van der Waals surface area contributed by atoms with E-state index in [4.69, 9.17) is 0 Å². The number of carbonyl (C=O) groups excluding carboxylic acids is 2. The average molecular weight is 401 g/mol. The standard InChI is InChI=1S/C23H23N5O2/c29-22(16-24-23(30)19-9-5-2-6-10-19)28-13-11-27(12-14-28)21-15-20(25-17-26-21)18-7-3-1-4-8-18/h1-10,15,17H,11-14,16H2,(H,24,30). The lowest BCUT2D eigenvalue weighted by Gasteiger charge is -2.35. The van der Waals surface area contributed by atoms with Crippen LogP contribution in [0.25, 0.3) is 11.3 Å². The summed E-state index contributed by atoms with van der Waals surface area (Å²) in [5.41, 5.74) is 2.47. The van der Waals surface area contributed by atoms with Gasteiger partial charge in [0.2, 0.25) is 5.91 Å². The topological polar surface area (TPSA) is 78.4 Å². The fourth-order valence-electron chi connectivity index (χ4n) is 3.43. The Kier molecular flexibility index (Phi) is 5.98. The molecule has 2 aromatic carbocycles. The number of benzene rings is 2. The van der Waals surface area contributed by atoms with Crippen LogP contribution in [0.3, 0.4) is 0 Å². The number of aromatic nitrogens is 2. The van der Waals surface area contributed by atoms with Crippen LogP contribution in [0, 0.1) is 0 Å². The van der Waals surface area contributed by atoms with E-state index < -0.39 is 0 Å². The van der Waals surface area contributed by atoms with E-state index in [2.05, 4.69) is 20.2 Å². The number of nitrogens with one attached hydrogen (secondary N) is 1. The van der Waals surface area contributed by atoms with E-state index in [1.54, 1.807) is 35.5 Å². The Labute approximate surface area is 175 Å². The summed E-state index contributed by atoms with van der Waals surface area (Å²) in [6.45, 7) is 2.54. The number of anilines is 1. The van der Waals surface area contributed by atoms with Crippen LogP contribution < -0.4 is 10.2 Å². The second kappa shape index (κ2) is 9.17. The van der Waals surface area contributed by atoms with Crippen molar-refractivity contribution >= 4 is 17.6 Å². The molecule has 2 amide bonds. The largest absolute Gasteiger partial charge is 0.353 e. The Balaban J connectivity index is 1.31. The molecule has 0 radical (unpaired) electrons. The normalized spacial score (nSPS) is 13.7. The van der Waals surface area contributed by atoms with Crippen molar-refractivity contribution in [1.82, 2.24) is 20.2 Å². The van der Waals surface area contributed by atoms with Crippen molar-refractivity contribution in [2.24, 2.45) is 0 Å². The first-order chi connectivity index (χ1) is 14.7. The zero-order valence-electron chi connectivity index (χ0n) is 16.6. The first-order valence-electron chi connectivity index (χ1n) is 9.94. The van der Waals surface area contributed by atoms with Crippen molar-refractivity contribution in [2.45, 2.75) is 0 Å². The Morgan fingerprint density at radius 2 is 1.53 bits per heavy atom. The highest BCUT2D eigenvalue weighted by Crippen LogP contribution is 2.21. The van der Waals surface area contributed by atoms with Crippen LogP contribution in [0.4, 0.5) is 5.82 Å². The third-order valence-electron chi connectivity index (χ3n) is 5.11. The molecule has 7 nitrogen and oxygen atoms in total. The summed E-state index contributed by atoms with van der Waals surface area (Å²) in [4.78, 5) is 37.3. The van der Waals surface area contributed by atoms with Crippen LogP contribution in [0.15, 0.2) is 73.1 Å². The number of carbonyl (C=O) groups is 2. The van der Waals surface area contributed by atoms with E-state index in [9.17, 15) is 9.59 Å². The predicted octanol–water partition coefficient (Wildman–Crippen LogP) is 2.22. The molecule has 152 valence electrons. The van der Waals surface area contributed by atoms with E-state index in [1.165, 1.54) is 0 Å². The second-order valence-electron chi connectivity index (χ2n) is 7.04. The number of hydrogen-bond donors (Lipinski definition) is 1. The molecule has 0 unspecified atom stereocenters. The summed E-state index contributed by atoms with van der Waals surface area (Å²) < 4.78 is 0. The van der Waals surface area contributed by atoms with Gasteiger partial charge in [0.25, 0.3) is 5.91 Å². The van der Waals surface area contributed by atoms with Crippen molar-refractivity contribution in [1.29, 1.82) is 0 Å². The maximum absolute atomic E-state index is 12.5. The molecular weight excluding hydrogens is 378 g/mol. The molecule has 1 aliphatic rings. The highest BCUT2D eigenvalue weighted by Gasteiger charge is 2.22. The number of rotatable bonds is 5. The van der Waals surface area contributed by atoms with E-state index >= 15 is 0 Å². The molecule has 0 bridgehead atoms. The number of amides is 2. The van der Waals surface area contributed by atoms with E-state index in [-0.39, 0.29) is 18.4 Å². The van der Waals surface area contributed by atoms with E-state index in [1.807, 2.05) is 42.5 Å². The first-order valence-corrected chi connectivity index (χ1v) is 9.94. The summed E-state index contributed by atoms with van der Waals surface area (Å²) in [5, 5.41) is 2.70. The minimum atomic E-state index is -0.239. The van der Waals surface area contributed by atoms with Gasteiger partial charge in [-0.3, -0.25) is 9.59 Å². The van der Waals surface area contributed by atoms with Gasteiger partial charge in [-0.1, -0.05) is 48.5 Å². The van der Waals surface area contributed by atoms with Crippen LogP contribution in [0.5, 0.6) is 0 Å². The van der Waals surface area contributed by atoms with Crippen LogP contribution in [-0.2, 0) is 4.79 Å². The third-order valence-corrected chi connectivity index (χ3v) is 5.11. The summed E-state index contributed by atoms with van der Waals surface area (Å²) >= 11 is 0. The van der Waals surface area contributed by atoms with Crippen LogP contribution in [-0.4, -0.2) is 59.4 Å². The lowest BCUT2D eigenvalue weighted by molar-refractivity contribution is -0.130. The van der Waals surface area contributed by atoms with Gasteiger partial charge in [-0.2, -0.15) is 0 Å². The minimum absolute atomic E-state index is 0.000605. The van der Waals surface area contributed by atoms with Gasteiger partial charge in [0.1, 0.15) is 12.1 Å². The monoisotopic (exact) mass is 401 g/mol. The lowest BCUT2D eigenvalue weighted by Crippen LogP contribution is -2.51. The van der Waals surface area contributed by atoms with Crippen molar-refractivity contribution in [2.75, 3.05) is 37.6 Å². The molecule has 1 saturated heterocycles. The van der Waals surface area contributed by atoms with E-state index in [0.717, 1.165) is 17.1 Å². The summed E-state index contributed by atoms with van der Waals surface area (Å²) in [5.74, 6) is 0.539. The Morgan fingerprint density at radius 3 is 2.23 bits per heavy atom. The lowest BCUT2D eigenvalue weighted by atomic mass is 10.1. The molecule has 0 saturated carbocycles. The molecule has 1 N–H and O–H groups in total. The number of nitrogens with zero attached hydrogens (tertiary/aromatic N) is 4. The molecule has 1 fully saturated rings. The fourth-order valence-corrected chi connectivity index (χ4v) is 3.43. The smallest absolute Gasteiger partial charge is 0.251 e. The summed E-state index contributed by atoms with van der Waals surface area (Å²) in [7, 11) is 0. The van der Waals surface area contributed by atoms with E-state index in [0.29, 0.717) is 31.7 Å². The minimum Gasteiger partial charge on any atom is -0.353 e. The van der Waals surface area contributed by atoms with Gasteiger partial charge in [-0.15, -0.1) is 0 Å². The van der Waals surface area contributed by atoms with Crippen LogP contribution in [0.2, 0.25) is 0 Å². The van der Waals surface area contributed by atoms with Crippen molar-refractivity contribution in [3.63, 3.8) is 0 Å². The van der Waals surface area contributed by atoms with Gasteiger partial charge in [-0.25, -0.2) is 9.97 Å². The molecule has 0 atom stereocenters. The Hall–Kier alpha value is -3.74. The summed E-state index contributed by atoms with van der Waals surface area (Å²) in [6.07, 6.45) is 1.58. The highest BCUT2D eigenvalue weighted by atomic mass is 16.2. The van der Waals surface area contributed by atoms with Gasteiger partial charge in [0.15, 0.2) is 0 Å². The zero-order valence-corrected chi connectivity index (χ0v) is 16.6. The van der Waals surface area contributed by atoms with Gasteiger partial charge < -0.3 is 15.1 Å². The van der Waals surface area contributed by atoms with Crippen molar-refractivity contribution in [3.8, 4) is 11.3 Å². The van der Waals surface area contributed by atoms with Gasteiger partial charge in [-0.05, 0) is 12.1 Å². The molecule has 3 aromatic rings. The second-order valence-corrected chi connectivity index (χ2v) is 7.04. The number of hydrogen-bond acceptors (Lipinski definition) is 5. The maximum atomic E-state index is 12.5. The molecule has 1 aromatic heterocycles. The quantitative estimate of drug-likeness (QED) is 0.709. The van der Waals surface area contributed by atoms with Gasteiger partial charge in [0, 0.05) is 43.4 Å². The van der Waals surface area contributed by atoms with Gasteiger partial charge in [0.05, 0.1) is 12.2 Å². The highest BCUT2D eigenvalue weighted by molar-refractivity contribution is 5.96. The van der Waals surface area contributed by atoms with Crippen LogP contribution in [0.1, 0.15) is 10.4 Å². The molecule has 7 heteroatoms. The molecule has 1 aliphatic heterocycles. The molecule has 0 spiro atoms. The number of piperazine rings is 1. The Morgan fingerprint density at radius 1 is 0.867 bits per heavy atom. The predicted molar refractivity (Wildman–Crippen MR) is 115 cm³/mol. The molecule has 4 rings (SSSR count). The molecule has 2 heterocycles. The summed E-state index contributed by atoms with van der Waals surface area (Å²) in [6, 6.07) is 20.9.